The van der Waals surface area contributed by atoms with Gasteiger partial charge >= 0.3 is 0 Å². The second-order valence-corrected chi connectivity index (χ2v) is 6.04. The molecule has 3 fully saturated rings. The van der Waals surface area contributed by atoms with Gasteiger partial charge in [0, 0.05) is 25.5 Å². The molecule has 2 atom stereocenters. The Bertz CT molecular complexity index is 386. The highest BCUT2D eigenvalue weighted by molar-refractivity contribution is 5.33. The lowest BCUT2D eigenvalue weighted by molar-refractivity contribution is 0.0114. The number of piperidine rings is 2. The fraction of sp³-hybridized carbons (Fsp3) is 0.714. The fourth-order valence-corrected chi connectivity index (χ4v) is 3.73. The van der Waals surface area contributed by atoms with E-state index < -0.39 is 0 Å². The van der Waals surface area contributed by atoms with Crippen molar-refractivity contribution < 1.29 is 0 Å². The van der Waals surface area contributed by atoms with Crippen molar-refractivity contribution >= 4 is 5.95 Å². The molecule has 92 valence electrons. The molecule has 1 aromatic rings. The third-order valence-electron chi connectivity index (χ3n) is 4.42. The van der Waals surface area contributed by atoms with Crippen LogP contribution in [-0.4, -0.2) is 23.1 Å². The van der Waals surface area contributed by atoms with Gasteiger partial charge < -0.3 is 4.90 Å². The van der Waals surface area contributed by atoms with Gasteiger partial charge in [-0.1, -0.05) is 13.8 Å². The molecule has 0 spiro atoms. The molecular formula is C14H21N3. The quantitative estimate of drug-likeness (QED) is 0.783. The third kappa shape index (κ3) is 1.81. The Morgan fingerprint density at radius 1 is 1.18 bits per heavy atom. The van der Waals surface area contributed by atoms with Crippen LogP contribution in [0.3, 0.4) is 0 Å². The van der Waals surface area contributed by atoms with E-state index >= 15 is 0 Å². The fourth-order valence-electron chi connectivity index (χ4n) is 3.73. The van der Waals surface area contributed by atoms with E-state index in [0.717, 1.165) is 48.3 Å². The van der Waals surface area contributed by atoms with E-state index in [4.69, 9.17) is 0 Å². The summed E-state index contributed by atoms with van der Waals surface area (Å²) in [5.74, 6) is 4.45. The number of fused-ring (bicyclic) bond motifs is 2. The number of anilines is 1. The number of hydrogen-bond donors (Lipinski definition) is 0. The molecule has 3 heteroatoms. The highest BCUT2D eigenvalue weighted by Crippen LogP contribution is 2.49. The van der Waals surface area contributed by atoms with Gasteiger partial charge in [-0.25, -0.2) is 9.97 Å². The Morgan fingerprint density at radius 3 is 2.29 bits per heavy atom. The van der Waals surface area contributed by atoms with Gasteiger partial charge in [-0.05, 0) is 42.6 Å². The van der Waals surface area contributed by atoms with E-state index in [-0.39, 0.29) is 0 Å². The molecular weight excluding hydrogens is 210 g/mol. The monoisotopic (exact) mass is 231 g/mol. The van der Waals surface area contributed by atoms with Crippen LogP contribution in [0.2, 0.25) is 0 Å². The van der Waals surface area contributed by atoms with Crippen molar-refractivity contribution in [1.82, 2.24) is 9.97 Å². The first-order valence-electron chi connectivity index (χ1n) is 6.68. The summed E-state index contributed by atoms with van der Waals surface area (Å²) in [7, 11) is 0. The van der Waals surface area contributed by atoms with Gasteiger partial charge in [-0.3, -0.25) is 0 Å². The van der Waals surface area contributed by atoms with Crippen molar-refractivity contribution in [2.75, 3.05) is 18.0 Å². The topological polar surface area (TPSA) is 29.0 Å². The maximum Gasteiger partial charge on any atom is 0.225 e. The molecule has 0 amide bonds. The minimum absolute atomic E-state index is 0.833. The molecule has 1 saturated carbocycles. The highest BCUT2D eigenvalue weighted by atomic mass is 15.3. The van der Waals surface area contributed by atoms with Crippen LogP contribution in [0.5, 0.6) is 0 Å². The number of rotatable bonds is 2. The lowest BCUT2D eigenvalue weighted by atomic mass is 9.58. The molecule has 3 heterocycles. The molecule has 0 N–H and O–H groups in total. The molecule has 4 rings (SSSR count). The Balaban J connectivity index is 1.72. The summed E-state index contributed by atoms with van der Waals surface area (Å²) < 4.78 is 0. The molecule has 0 aromatic carbocycles. The number of aryl methyl sites for hydroxylation is 1. The van der Waals surface area contributed by atoms with Crippen LogP contribution in [0.4, 0.5) is 5.95 Å². The molecule has 1 aromatic heterocycles. The van der Waals surface area contributed by atoms with E-state index in [1.54, 1.807) is 0 Å². The molecule has 2 bridgehead atoms. The molecule has 0 radical (unpaired) electrons. The zero-order valence-corrected chi connectivity index (χ0v) is 10.9. The average Bonchev–Trinajstić information content (AvgIpc) is 2.29. The van der Waals surface area contributed by atoms with Crippen LogP contribution in [0.15, 0.2) is 12.4 Å². The largest absolute Gasteiger partial charge is 0.340 e. The van der Waals surface area contributed by atoms with E-state index in [1.807, 2.05) is 19.3 Å². The predicted molar refractivity (Wildman–Crippen MR) is 68.9 cm³/mol. The molecule has 3 nitrogen and oxygen atoms in total. The van der Waals surface area contributed by atoms with Crippen LogP contribution in [0.25, 0.3) is 0 Å². The Hall–Kier alpha value is -1.12. The zero-order valence-electron chi connectivity index (χ0n) is 10.9. The normalized spacial score (nSPS) is 31.5. The number of nitrogens with zero attached hydrogens (tertiary/aromatic N) is 3. The van der Waals surface area contributed by atoms with Crippen LogP contribution in [-0.2, 0) is 0 Å². The van der Waals surface area contributed by atoms with Gasteiger partial charge in [0.2, 0.25) is 5.95 Å². The molecule has 2 unspecified atom stereocenters. The van der Waals surface area contributed by atoms with Crippen molar-refractivity contribution in [3.05, 3.63) is 18.0 Å². The summed E-state index contributed by atoms with van der Waals surface area (Å²) >= 11 is 0. The van der Waals surface area contributed by atoms with Crippen LogP contribution in [0, 0.1) is 30.6 Å². The lowest BCUT2D eigenvalue weighted by Crippen LogP contribution is -2.57. The average molecular weight is 231 g/mol. The molecule has 17 heavy (non-hydrogen) atoms. The molecule has 2 aliphatic heterocycles. The highest BCUT2D eigenvalue weighted by Gasteiger charge is 2.48. The summed E-state index contributed by atoms with van der Waals surface area (Å²) in [6, 6.07) is 0. The van der Waals surface area contributed by atoms with Crippen molar-refractivity contribution in [2.45, 2.75) is 27.2 Å². The van der Waals surface area contributed by atoms with Gasteiger partial charge in [-0.2, -0.15) is 0 Å². The molecule has 1 aliphatic carbocycles. The number of aromatic nitrogens is 2. The Labute approximate surface area is 103 Å². The first-order chi connectivity index (χ1) is 8.15. The standard InChI is InChI=1S/C14H21N3/c1-9(2)13-11-4-12(13)8-17(7-11)14-15-5-10(3)6-16-14/h5-6,9,11-13H,4,7-8H2,1-3H3. The van der Waals surface area contributed by atoms with Crippen LogP contribution < -0.4 is 4.90 Å². The molecule has 3 aliphatic rings. The second-order valence-electron chi connectivity index (χ2n) is 6.04. The van der Waals surface area contributed by atoms with Gasteiger partial charge in [0.15, 0.2) is 0 Å². The van der Waals surface area contributed by atoms with Gasteiger partial charge in [0.05, 0.1) is 0 Å². The summed E-state index contributed by atoms with van der Waals surface area (Å²) in [5, 5.41) is 0. The minimum Gasteiger partial charge on any atom is -0.340 e. The predicted octanol–water partition coefficient (Wildman–Crippen LogP) is 2.51. The lowest BCUT2D eigenvalue weighted by Gasteiger charge is -2.55. The molecule has 2 saturated heterocycles. The van der Waals surface area contributed by atoms with Gasteiger partial charge in [0.25, 0.3) is 0 Å². The summed E-state index contributed by atoms with van der Waals surface area (Å²) in [5.41, 5.74) is 1.14. The summed E-state index contributed by atoms with van der Waals surface area (Å²) in [6.45, 7) is 9.07. The zero-order chi connectivity index (χ0) is 12.0. The van der Waals surface area contributed by atoms with Gasteiger partial charge in [0.1, 0.15) is 0 Å². The van der Waals surface area contributed by atoms with E-state index in [0.29, 0.717) is 0 Å². The first-order valence-corrected chi connectivity index (χ1v) is 6.68. The van der Waals surface area contributed by atoms with Gasteiger partial charge in [-0.15, -0.1) is 0 Å². The van der Waals surface area contributed by atoms with Crippen LogP contribution >= 0.6 is 0 Å². The smallest absolute Gasteiger partial charge is 0.225 e. The maximum atomic E-state index is 4.44. The number of hydrogen-bond acceptors (Lipinski definition) is 3. The van der Waals surface area contributed by atoms with E-state index in [1.165, 1.54) is 6.42 Å². The van der Waals surface area contributed by atoms with E-state index in [9.17, 15) is 0 Å². The van der Waals surface area contributed by atoms with Crippen molar-refractivity contribution in [1.29, 1.82) is 0 Å². The Morgan fingerprint density at radius 2 is 1.76 bits per heavy atom. The SMILES string of the molecule is Cc1cnc(N2CC3CC(C2)C3C(C)C)nc1. The Kier molecular flexibility index (Phi) is 2.57. The first kappa shape index (κ1) is 11.0. The van der Waals surface area contributed by atoms with E-state index in [2.05, 4.69) is 28.7 Å². The van der Waals surface area contributed by atoms with Crippen molar-refractivity contribution in [3.63, 3.8) is 0 Å². The third-order valence-corrected chi connectivity index (χ3v) is 4.42. The van der Waals surface area contributed by atoms with Crippen molar-refractivity contribution in [2.24, 2.45) is 23.7 Å². The minimum atomic E-state index is 0.833. The maximum absolute atomic E-state index is 4.44. The second kappa shape index (κ2) is 3.97. The van der Waals surface area contributed by atoms with Crippen LogP contribution in [0.1, 0.15) is 25.8 Å². The summed E-state index contributed by atoms with van der Waals surface area (Å²) in [6.07, 6.45) is 5.26. The summed E-state index contributed by atoms with van der Waals surface area (Å²) in [4.78, 5) is 11.3. The van der Waals surface area contributed by atoms with Crippen molar-refractivity contribution in [3.8, 4) is 0 Å².